The third-order valence-electron chi connectivity index (χ3n) is 4.54. The average Bonchev–Trinajstić information content (AvgIpc) is 3.30. The van der Waals surface area contributed by atoms with E-state index in [-0.39, 0.29) is 30.8 Å². The Balaban J connectivity index is 1.38. The van der Waals surface area contributed by atoms with Crippen molar-refractivity contribution in [2.45, 2.75) is 19.9 Å². The summed E-state index contributed by atoms with van der Waals surface area (Å²) in [5.74, 6) is 0.0787. The van der Waals surface area contributed by atoms with Gasteiger partial charge in [-0.2, -0.15) is 0 Å². The monoisotopic (exact) mass is 446 g/mol. The molecular weight excluding hydrogens is 420 g/mol. The topological polar surface area (TPSA) is 112 Å². The second-order valence-electron chi connectivity index (χ2n) is 7.32. The number of furan rings is 1. The Labute approximate surface area is 192 Å². The fourth-order valence-electron chi connectivity index (χ4n) is 2.97. The first-order valence-corrected chi connectivity index (χ1v) is 10.5. The van der Waals surface area contributed by atoms with Crippen LogP contribution in [0.3, 0.4) is 0 Å². The highest BCUT2D eigenvalue weighted by Gasteiger charge is 2.06. The highest BCUT2D eigenvalue weighted by molar-refractivity contribution is 5.99. The van der Waals surface area contributed by atoms with Gasteiger partial charge in [0.05, 0.1) is 6.26 Å². The van der Waals surface area contributed by atoms with Gasteiger partial charge in [0.1, 0.15) is 5.76 Å². The van der Waals surface area contributed by atoms with E-state index in [1.807, 2.05) is 37.3 Å². The molecule has 0 aliphatic carbocycles. The van der Waals surface area contributed by atoms with Crippen LogP contribution in [0.25, 0.3) is 6.08 Å². The van der Waals surface area contributed by atoms with Gasteiger partial charge in [-0.3, -0.25) is 9.59 Å². The van der Waals surface area contributed by atoms with E-state index in [9.17, 15) is 14.4 Å². The van der Waals surface area contributed by atoms with Crippen LogP contribution in [0.15, 0.2) is 77.4 Å². The first-order valence-electron chi connectivity index (χ1n) is 10.5. The Morgan fingerprint density at radius 1 is 0.909 bits per heavy atom. The molecule has 0 aliphatic heterocycles. The minimum absolute atomic E-state index is 0.150. The van der Waals surface area contributed by atoms with Crippen molar-refractivity contribution in [3.8, 4) is 0 Å². The molecule has 0 atom stereocenters. The number of anilines is 2. The van der Waals surface area contributed by atoms with Crippen molar-refractivity contribution in [1.29, 1.82) is 0 Å². The fourth-order valence-corrected chi connectivity index (χ4v) is 2.97. The number of aryl methyl sites for hydroxylation is 1. The van der Waals surface area contributed by atoms with Gasteiger partial charge < -0.3 is 25.7 Å². The molecule has 33 heavy (non-hydrogen) atoms. The molecule has 0 bridgehead atoms. The Hall–Kier alpha value is -4.33. The normalized spacial score (nSPS) is 10.6. The van der Waals surface area contributed by atoms with Gasteiger partial charge in [-0.1, -0.05) is 24.3 Å². The van der Waals surface area contributed by atoms with E-state index >= 15 is 0 Å². The van der Waals surface area contributed by atoms with Gasteiger partial charge in [-0.15, -0.1) is 0 Å². The van der Waals surface area contributed by atoms with Gasteiger partial charge in [0, 0.05) is 37.0 Å². The second kappa shape index (κ2) is 11.9. The van der Waals surface area contributed by atoms with Crippen molar-refractivity contribution in [1.82, 2.24) is 10.6 Å². The molecule has 4 amide bonds. The highest BCUT2D eigenvalue weighted by atomic mass is 16.3. The second-order valence-corrected chi connectivity index (χ2v) is 7.32. The summed E-state index contributed by atoms with van der Waals surface area (Å²) in [6.45, 7) is 2.47. The number of nitrogens with one attached hydrogen (secondary N) is 4. The summed E-state index contributed by atoms with van der Waals surface area (Å²) in [7, 11) is 0. The number of urea groups is 1. The van der Waals surface area contributed by atoms with Crippen LogP contribution < -0.4 is 21.3 Å². The SMILES string of the molecule is Cc1cccc(NC(=O)Nc2cccc(CNC(=O)CCNC(=O)/C=C/c3ccco3)c2)c1. The van der Waals surface area contributed by atoms with E-state index in [1.165, 1.54) is 12.3 Å². The quantitative estimate of drug-likeness (QED) is 0.371. The lowest BCUT2D eigenvalue weighted by Gasteiger charge is -2.10. The third-order valence-corrected chi connectivity index (χ3v) is 4.54. The Morgan fingerprint density at radius 3 is 2.39 bits per heavy atom. The standard InChI is InChI=1S/C25H26N4O4/c1-18-5-2-7-20(15-18)28-25(32)29-21-8-3-6-19(16-21)17-27-24(31)12-13-26-23(30)11-10-22-9-4-14-33-22/h2-11,14-16H,12-13,17H2,1H3,(H,26,30)(H,27,31)(H2,28,29,32)/b11-10+. The maximum atomic E-state index is 12.2. The van der Waals surface area contributed by atoms with E-state index in [1.54, 1.807) is 36.4 Å². The molecule has 1 heterocycles. The van der Waals surface area contributed by atoms with Gasteiger partial charge >= 0.3 is 6.03 Å². The largest absolute Gasteiger partial charge is 0.465 e. The molecule has 0 saturated heterocycles. The lowest BCUT2D eigenvalue weighted by atomic mass is 10.2. The van der Waals surface area contributed by atoms with E-state index in [0.29, 0.717) is 23.7 Å². The fraction of sp³-hybridized carbons (Fsp3) is 0.160. The minimum Gasteiger partial charge on any atom is -0.465 e. The van der Waals surface area contributed by atoms with Crippen molar-refractivity contribution < 1.29 is 18.8 Å². The lowest BCUT2D eigenvalue weighted by molar-refractivity contribution is -0.121. The molecular formula is C25H26N4O4. The summed E-state index contributed by atoms with van der Waals surface area (Å²) in [6, 6.07) is 17.8. The van der Waals surface area contributed by atoms with Gasteiger partial charge in [-0.05, 0) is 60.5 Å². The van der Waals surface area contributed by atoms with Gasteiger partial charge in [0.25, 0.3) is 0 Å². The average molecular weight is 447 g/mol. The zero-order valence-corrected chi connectivity index (χ0v) is 18.3. The summed E-state index contributed by atoms with van der Waals surface area (Å²) in [5, 5.41) is 11.0. The van der Waals surface area contributed by atoms with Crippen molar-refractivity contribution in [2.24, 2.45) is 0 Å². The van der Waals surface area contributed by atoms with Crippen LogP contribution in [0, 0.1) is 6.92 Å². The molecule has 170 valence electrons. The number of amides is 4. The van der Waals surface area contributed by atoms with Crippen molar-refractivity contribution in [3.05, 3.63) is 89.9 Å². The predicted molar refractivity (Wildman–Crippen MR) is 127 cm³/mol. The Bertz CT molecular complexity index is 1120. The van der Waals surface area contributed by atoms with Crippen LogP contribution in [-0.2, 0) is 16.1 Å². The van der Waals surface area contributed by atoms with Crippen LogP contribution in [0.2, 0.25) is 0 Å². The zero-order chi connectivity index (χ0) is 23.5. The van der Waals surface area contributed by atoms with E-state index in [2.05, 4.69) is 21.3 Å². The maximum Gasteiger partial charge on any atom is 0.323 e. The van der Waals surface area contributed by atoms with Gasteiger partial charge in [0.15, 0.2) is 0 Å². The number of rotatable bonds is 9. The van der Waals surface area contributed by atoms with Crippen LogP contribution in [0.4, 0.5) is 16.2 Å². The van der Waals surface area contributed by atoms with Gasteiger partial charge in [0.2, 0.25) is 11.8 Å². The van der Waals surface area contributed by atoms with Crippen molar-refractivity contribution >= 4 is 35.3 Å². The number of benzene rings is 2. The van der Waals surface area contributed by atoms with Crippen LogP contribution in [0.5, 0.6) is 0 Å². The van der Waals surface area contributed by atoms with Crippen LogP contribution in [0.1, 0.15) is 23.3 Å². The molecule has 1 aromatic heterocycles. The zero-order valence-electron chi connectivity index (χ0n) is 18.3. The molecule has 3 aromatic rings. The molecule has 0 radical (unpaired) electrons. The van der Waals surface area contributed by atoms with Crippen molar-refractivity contribution in [2.75, 3.05) is 17.2 Å². The van der Waals surface area contributed by atoms with E-state index < -0.39 is 0 Å². The maximum absolute atomic E-state index is 12.2. The summed E-state index contributed by atoms with van der Waals surface area (Å²) in [4.78, 5) is 36.0. The molecule has 3 rings (SSSR count). The third kappa shape index (κ3) is 8.37. The van der Waals surface area contributed by atoms with Gasteiger partial charge in [-0.25, -0.2) is 4.79 Å². The number of carbonyl (C=O) groups excluding carboxylic acids is 3. The molecule has 2 aromatic carbocycles. The highest BCUT2D eigenvalue weighted by Crippen LogP contribution is 2.13. The molecule has 4 N–H and O–H groups in total. The number of carbonyl (C=O) groups is 3. The molecule has 0 fully saturated rings. The molecule has 0 spiro atoms. The molecule has 0 unspecified atom stereocenters. The summed E-state index contributed by atoms with van der Waals surface area (Å²) >= 11 is 0. The summed E-state index contributed by atoms with van der Waals surface area (Å²) in [5.41, 5.74) is 3.21. The van der Waals surface area contributed by atoms with Crippen LogP contribution in [-0.4, -0.2) is 24.4 Å². The molecule has 0 aliphatic rings. The predicted octanol–water partition coefficient (Wildman–Crippen LogP) is 4.07. The molecule has 8 heteroatoms. The van der Waals surface area contributed by atoms with E-state index in [0.717, 1.165) is 11.1 Å². The molecule has 0 saturated carbocycles. The summed E-state index contributed by atoms with van der Waals surface area (Å²) < 4.78 is 5.10. The first-order chi connectivity index (χ1) is 16.0. The number of hydrogen-bond donors (Lipinski definition) is 4. The molecule has 8 nitrogen and oxygen atoms in total. The van der Waals surface area contributed by atoms with E-state index in [4.69, 9.17) is 4.42 Å². The first kappa shape index (κ1) is 23.3. The minimum atomic E-state index is -0.348. The smallest absolute Gasteiger partial charge is 0.323 e. The lowest BCUT2D eigenvalue weighted by Crippen LogP contribution is -2.29. The van der Waals surface area contributed by atoms with Crippen molar-refractivity contribution in [3.63, 3.8) is 0 Å². The Morgan fingerprint density at radius 2 is 1.67 bits per heavy atom. The summed E-state index contributed by atoms with van der Waals surface area (Å²) in [6.07, 6.45) is 4.58. The van der Waals surface area contributed by atoms with Crippen LogP contribution >= 0.6 is 0 Å². The Kier molecular flexibility index (Phi) is 8.41. The number of hydrogen-bond acceptors (Lipinski definition) is 4.